The summed E-state index contributed by atoms with van der Waals surface area (Å²) in [6.07, 6.45) is 7.26. The van der Waals surface area contributed by atoms with Crippen molar-refractivity contribution in [1.29, 1.82) is 5.41 Å². The van der Waals surface area contributed by atoms with Crippen molar-refractivity contribution in [3.05, 3.63) is 152 Å². The van der Waals surface area contributed by atoms with E-state index in [4.69, 9.17) is 28.5 Å². The Morgan fingerprint density at radius 3 is 2.34 bits per heavy atom. The molecule has 13 N–H and O–H groups in total. The lowest BCUT2D eigenvalue weighted by molar-refractivity contribution is -0.133. The summed E-state index contributed by atoms with van der Waals surface area (Å²) in [6, 6.07) is 26.1. The van der Waals surface area contributed by atoms with Crippen LogP contribution in [0.1, 0.15) is 121 Å². The van der Waals surface area contributed by atoms with Crippen molar-refractivity contribution in [1.82, 2.24) is 35.9 Å². The summed E-state index contributed by atoms with van der Waals surface area (Å²) in [6.45, 7) is 4.24. The largest absolute Gasteiger partial charge is 0.507 e. The molecule has 7 aromatic rings. The van der Waals surface area contributed by atoms with E-state index in [1.165, 1.54) is 21.6 Å². The average Bonchev–Trinajstić information content (AvgIpc) is 1.55. The third kappa shape index (κ3) is 18.3. The van der Waals surface area contributed by atoms with Gasteiger partial charge in [0.15, 0.2) is 28.7 Å². The number of guanidine groups is 1. The van der Waals surface area contributed by atoms with Crippen LogP contribution in [-0.4, -0.2) is 127 Å². The molecule has 0 spiro atoms. The van der Waals surface area contributed by atoms with E-state index in [1.54, 1.807) is 49.2 Å². The fourth-order valence-corrected chi connectivity index (χ4v) is 14.5. The highest BCUT2D eigenvalue weighted by atomic mass is 35.5. The smallest absolute Gasteiger partial charge is 0.280 e. The molecule has 512 valence electrons. The Labute approximate surface area is 578 Å². The fraction of sp³-hybridized carbons (Fsp3) is 0.366. The quantitative estimate of drug-likeness (QED) is 0.00459. The Morgan fingerprint density at radius 2 is 1.55 bits per heavy atom. The van der Waals surface area contributed by atoms with Crippen LogP contribution in [0.5, 0.6) is 5.75 Å². The van der Waals surface area contributed by atoms with E-state index in [0.717, 1.165) is 44.3 Å². The van der Waals surface area contributed by atoms with Crippen LogP contribution in [0.15, 0.2) is 108 Å². The number of benzene rings is 5. The number of phenolic OH excluding ortho intramolecular Hbond substituents is 1. The number of Topliss-reactive ketones (excluding diaryl/α,β-unsaturated/α-hetero) is 3. The Bertz CT molecular complexity index is 4320. The highest BCUT2D eigenvalue weighted by Gasteiger charge is 2.39. The van der Waals surface area contributed by atoms with Crippen LogP contribution in [-0.2, 0) is 59.2 Å². The second-order valence-corrected chi connectivity index (χ2v) is 28.0. The first kappa shape index (κ1) is 71.1. The van der Waals surface area contributed by atoms with Gasteiger partial charge in [0.25, 0.3) is 11.5 Å². The number of fused-ring (bicyclic) bond motifs is 6. The van der Waals surface area contributed by atoms with Gasteiger partial charge in [0, 0.05) is 139 Å². The number of anilines is 5. The van der Waals surface area contributed by atoms with Crippen LogP contribution in [0.3, 0.4) is 0 Å². The zero-order valence-corrected chi connectivity index (χ0v) is 56.8. The van der Waals surface area contributed by atoms with E-state index in [0.29, 0.717) is 109 Å². The summed E-state index contributed by atoms with van der Waals surface area (Å²) in [5.74, 6) is -2.30. The summed E-state index contributed by atoms with van der Waals surface area (Å²) in [4.78, 5) is 136. The molecular weight excluding hydrogens is 1310 g/mol. The second-order valence-electron chi connectivity index (χ2n) is 25.0. The van der Waals surface area contributed by atoms with E-state index in [9.17, 15) is 48.3 Å². The van der Waals surface area contributed by atoms with Gasteiger partial charge in [0.2, 0.25) is 29.6 Å². The maximum absolute atomic E-state index is 14.1. The van der Waals surface area contributed by atoms with E-state index >= 15 is 0 Å². The SMILES string of the molecule is C[C@H](CC(=O)[C@H](CCCNC(=N)N)NC(=O)[C@H](C)CC(=O)CCCCC(=O)c1ccc(CCc2cnc3nc(N)[nH]c(=O)c3n2)cc1)C(=O)NCCSSCCC(=O)Nc1ccc2c(c1)C=C(C(=O)Nc1ccc3c(c1)CC(C(=O)N1CC(CCl)c4c1cc(O)c1ccccc41)N3)C2. The number of nitrogens with two attached hydrogens (primary N) is 2. The average molecular weight is 1390 g/mol. The predicted molar refractivity (Wildman–Crippen MR) is 385 cm³/mol. The maximum atomic E-state index is 14.1. The minimum Gasteiger partial charge on any atom is -0.507 e. The van der Waals surface area contributed by atoms with Gasteiger partial charge >= 0.3 is 0 Å². The molecule has 2 aromatic heterocycles. The van der Waals surface area contributed by atoms with Crippen molar-refractivity contribution < 1.29 is 43.5 Å². The highest BCUT2D eigenvalue weighted by molar-refractivity contribution is 8.76. The number of carbonyl (C=O) groups excluding carboxylic acids is 8. The van der Waals surface area contributed by atoms with Crippen molar-refractivity contribution in [2.45, 2.75) is 115 Å². The van der Waals surface area contributed by atoms with Gasteiger partial charge in [0.1, 0.15) is 17.6 Å². The number of unbranched alkanes of at least 4 members (excludes halogenated alkanes) is 1. The molecular formula is C71H79ClN14O10S2. The molecule has 1 aliphatic carbocycles. The van der Waals surface area contributed by atoms with Crippen LogP contribution in [0, 0.1) is 17.2 Å². The number of amides is 5. The molecule has 2 unspecified atom stereocenters. The van der Waals surface area contributed by atoms with E-state index < -0.39 is 35.4 Å². The van der Waals surface area contributed by atoms with Crippen molar-refractivity contribution in [3.63, 3.8) is 0 Å². The summed E-state index contributed by atoms with van der Waals surface area (Å²) in [5, 5.41) is 37.7. The van der Waals surface area contributed by atoms with Crippen molar-refractivity contribution >= 4 is 143 Å². The Morgan fingerprint density at radius 1 is 0.806 bits per heavy atom. The number of ketones is 3. The topological polar surface area (TPSA) is 380 Å². The number of nitrogens with one attached hydrogen (secondary N) is 8. The minimum atomic E-state index is -0.949. The van der Waals surface area contributed by atoms with Crippen LogP contribution in [0.25, 0.3) is 28.0 Å². The molecule has 10 rings (SSSR count). The van der Waals surface area contributed by atoms with Gasteiger partial charge < -0.3 is 53.4 Å². The lowest BCUT2D eigenvalue weighted by atomic mass is 9.95. The Kier molecular flexibility index (Phi) is 24.0. The number of H-pyrrole nitrogens is 1. The van der Waals surface area contributed by atoms with Crippen LogP contribution in [0.4, 0.5) is 28.7 Å². The minimum absolute atomic E-state index is 0.0358. The lowest BCUT2D eigenvalue weighted by Crippen LogP contribution is -2.45. The molecule has 98 heavy (non-hydrogen) atoms. The molecule has 5 atom stereocenters. The normalized spacial score (nSPS) is 15.2. The predicted octanol–water partition coefficient (Wildman–Crippen LogP) is 8.43. The monoisotopic (exact) mass is 1390 g/mol. The number of aromatic amines is 1. The number of halogens is 1. The first-order valence-electron chi connectivity index (χ1n) is 32.7. The number of hydrogen-bond donors (Lipinski definition) is 11. The number of nitrogens with zero attached hydrogens (tertiary/aromatic N) is 4. The molecule has 2 aliphatic heterocycles. The number of nitrogen functional groups attached to an aromatic ring is 1. The zero-order chi connectivity index (χ0) is 69.6. The molecule has 4 heterocycles. The van der Waals surface area contributed by atoms with E-state index in [2.05, 4.69) is 51.8 Å². The van der Waals surface area contributed by atoms with Gasteiger partial charge in [-0.3, -0.25) is 53.5 Å². The number of phenols is 1. The number of carbonyl (C=O) groups is 8. The third-order valence-corrected chi connectivity index (χ3v) is 20.4. The first-order valence-corrected chi connectivity index (χ1v) is 35.7. The van der Waals surface area contributed by atoms with Crippen LogP contribution >= 0.6 is 33.2 Å². The summed E-state index contributed by atoms with van der Waals surface area (Å²) in [5.41, 5.74) is 19.8. The van der Waals surface area contributed by atoms with Gasteiger partial charge in [-0.25, -0.2) is 9.97 Å². The van der Waals surface area contributed by atoms with Crippen molar-refractivity contribution in [2.75, 3.05) is 63.6 Å². The molecule has 5 aromatic carbocycles. The van der Waals surface area contributed by atoms with E-state index in [1.807, 2.05) is 72.8 Å². The van der Waals surface area contributed by atoms with Crippen LogP contribution in [0.2, 0.25) is 0 Å². The van der Waals surface area contributed by atoms with Gasteiger partial charge in [-0.2, -0.15) is 4.98 Å². The zero-order valence-electron chi connectivity index (χ0n) is 54.4. The molecule has 0 radical (unpaired) electrons. The number of aromatic nitrogens is 4. The molecule has 5 amide bonds. The number of hydrogen-bond acceptors (Lipinski definition) is 18. The summed E-state index contributed by atoms with van der Waals surface area (Å²) in [7, 11) is 2.98. The number of alkyl halides is 1. The molecule has 0 saturated heterocycles. The summed E-state index contributed by atoms with van der Waals surface area (Å²) >= 11 is 6.44. The number of aromatic hydroxyl groups is 1. The Balaban J connectivity index is 0.589. The highest BCUT2D eigenvalue weighted by Crippen LogP contribution is 2.46. The maximum Gasteiger partial charge on any atom is 0.280 e. The second kappa shape index (κ2) is 33.1. The van der Waals surface area contributed by atoms with E-state index in [-0.39, 0.29) is 121 Å². The van der Waals surface area contributed by atoms with Gasteiger partial charge in [-0.15, -0.1) is 11.6 Å². The summed E-state index contributed by atoms with van der Waals surface area (Å²) < 4.78 is 0. The van der Waals surface area contributed by atoms with Crippen molar-refractivity contribution in [2.24, 2.45) is 17.6 Å². The molecule has 27 heteroatoms. The van der Waals surface area contributed by atoms with Gasteiger partial charge in [0.05, 0.1) is 23.6 Å². The van der Waals surface area contributed by atoms with Gasteiger partial charge in [-0.05, 0) is 108 Å². The molecule has 0 bridgehead atoms. The molecule has 24 nitrogen and oxygen atoms in total. The molecule has 0 fully saturated rings. The lowest BCUT2D eigenvalue weighted by Gasteiger charge is -2.22. The Hall–Kier alpha value is -9.66. The standard InChI is InChI=1S/C71H79ClN14O10S2/c1-39(28-51(87)8-3-6-12-58(88)42-16-13-41(14-17-42)15-19-50-37-78-64-63(80-50)68(95)85-71(75)84-64)66(93)83-55(11-7-24-77-70(73)74)60(90)29-40(2)65(92)76-25-27-98-97-26-23-61(91)79-48-20-18-43-30-46(31-44(43)32-48)67(94)81-49-21-22-54-45(33-49)34-56(82-54)69(96)86-38-47(36-72)62-53-10-5-4-9-52(53)59(89)35-57(62)86/h4-5,9-10,13-14,16-18,20-22,31-33,35,37,39-40,47,55-56,82,89H,3,6-8,11-12,15,19,23-30,34,36,38H2,1-2H3,(H,76,92)(H,79,91)(H,81,94)(H,83,93)(H4,73,74,77)(H3,75,78,84,85,95)/t39-,40-,47?,55+,56?/m1/s1. The third-order valence-electron chi connectivity index (χ3n) is 17.6. The fourth-order valence-electron chi connectivity index (χ4n) is 12.4. The number of rotatable bonds is 33. The first-order chi connectivity index (χ1) is 47.2. The van der Waals surface area contributed by atoms with Crippen molar-refractivity contribution in [3.8, 4) is 5.75 Å². The van der Waals surface area contributed by atoms with Crippen LogP contribution < -0.4 is 53.8 Å². The molecule has 0 saturated carbocycles. The molecule has 3 aliphatic rings. The van der Waals surface area contributed by atoms with Gasteiger partial charge in [-0.1, -0.05) is 90.0 Å². The number of aryl methyl sites for hydroxylation is 2.